The molecule has 0 saturated carbocycles. The van der Waals surface area contributed by atoms with E-state index >= 15 is 0 Å². The molecular weight excluding hydrogens is 288 g/mol. The van der Waals surface area contributed by atoms with Gasteiger partial charge in [0.25, 0.3) is 0 Å². The molecule has 1 aromatic heterocycles. The third kappa shape index (κ3) is 3.75. The molecule has 0 aliphatic rings. The Kier molecular flexibility index (Phi) is 5.48. The fourth-order valence-corrected chi connectivity index (χ4v) is 4.24. The maximum Gasteiger partial charge on any atom is 0.349 e. The quantitative estimate of drug-likeness (QED) is 0.757. The topological polar surface area (TPSA) is 84.5 Å². The Labute approximate surface area is 117 Å². The Morgan fingerprint density at radius 3 is 2.68 bits per heavy atom. The van der Waals surface area contributed by atoms with E-state index in [0.717, 1.165) is 11.3 Å². The molecule has 1 atom stereocenters. The summed E-state index contributed by atoms with van der Waals surface area (Å²) >= 11 is 1.07. The number of carbonyl (C=O) groups excluding carboxylic acids is 1. The number of aryl methyl sites for hydroxylation is 1. The van der Waals surface area contributed by atoms with Crippen molar-refractivity contribution in [1.82, 2.24) is 10.0 Å². The second-order valence-electron chi connectivity index (χ2n) is 4.11. The third-order valence-electron chi connectivity index (χ3n) is 2.63. The zero-order valence-corrected chi connectivity index (χ0v) is 12.9. The molecule has 6 nitrogen and oxygen atoms in total. The molecule has 0 aliphatic carbocycles. The van der Waals surface area contributed by atoms with E-state index in [4.69, 9.17) is 0 Å². The van der Waals surface area contributed by atoms with Crippen LogP contribution in [-0.4, -0.2) is 41.1 Å². The first-order valence-corrected chi connectivity index (χ1v) is 8.03. The predicted molar refractivity (Wildman–Crippen MR) is 74.1 cm³/mol. The van der Waals surface area contributed by atoms with Crippen LogP contribution < -0.4 is 10.0 Å². The van der Waals surface area contributed by atoms with Crippen LogP contribution in [0.25, 0.3) is 0 Å². The highest BCUT2D eigenvalue weighted by molar-refractivity contribution is 7.89. The normalized spacial score (nSPS) is 13.3. The fraction of sp³-hybridized carbons (Fsp3) is 0.545. The van der Waals surface area contributed by atoms with E-state index in [9.17, 15) is 13.2 Å². The molecule has 0 fully saturated rings. The number of nitrogens with one attached hydrogen (secondary N) is 2. The van der Waals surface area contributed by atoms with Crippen LogP contribution in [0.1, 0.15) is 22.2 Å². The molecule has 2 N–H and O–H groups in total. The molecule has 1 rings (SSSR count). The van der Waals surface area contributed by atoms with Gasteiger partial charge in [0.1, 0.15) is 9.77 Å². The molecule has 1 heterocycles. The Balaban J connectivity index is 3.07. The lowest BCUT2D eigenvalue weighted by Gasteiger charge is -2.12. The van der Waals surface area contributed by atoms with Gasteiger partial charge in [0.15, 0.2) is 0 Å². The van der Waals surface area contributed by atoms with Crippen molar-refractivity contribution in [2.24, 2.45) is 0 Å². The van der Waals surface area contributed by atoms with E-state index in [1.807, 2.05) is 6.92 Å². The van der Waals surface area contributed by atoms with Crippen molar-refractivity contribution in [2.75, 3.05) is 20.7 Å². The zero-order chi connectivity index (χ0) is 14.6. The summed E-state index contributed by atoms with van der Waals surface area (Å²) in [6, 6.07) is -0.00436. The van der Waals surface area contributed by atoms with E-state index in [1.165, 1.54) is 7.11 Å². The molecular formula is C11H18N2O4S2. The van der Waals surface area contributed by atoms with Gasteiger partial charge >= 0.3 is 5.97 Å². The van der Waals surface area contributed by atoms with Crippen molar-refractivity contribution in [3.05, 3.63) is 15.8 Å². The first kappa shape index (κ1) is 16.1. The number of hydrogen-bond donors (Lipinski definition) is 2. The maximum atomic E-state index is 12.2. The van der Waals surface area contributed by atoms with Crippen molar-refractivity contribution < 1.29 is 17.9 Å². The summed E-state index contributed by atoms with van der Waals surface area (Å²) in [4.78, 5) is 11.7. The van der Waals surface area contributed by atoms with Gasteiger partial charge in [-0.1, -0.05) is 0 Å². The van der Waals surface area contributed by atoms with Gasteiger partial charge in [0, 0.05) is 12.6 Å². The minimum atomic E-state index is -3.72. The first-order chi connectivity index (χ1) is 8.83. The summed E-state index contributed by atoms with van der Waals surface area (Å²) < 4.78 is 31.6. The minimum Gasteiger partial charge on any atom is -0.465 e. The third-order valence-corrected chi connectivity index (χ3v) is 5.45. The molecule has 0 saturated heterocycles. The van der Waals surface area contributed by atoms with Crippen LogP contribution in [0.2, 0.25) is 0 Å². The SMILES string of the molecule is CNC(C)CNS(=O)(=O)c1c(C)csc1C(=O)OC. The van der Waals surface area contributed by atoms with Crippen molar-refractivity contribution in [2.45, 2.75) is 24.8 Å². The number of rotatable bonds is 6. The van der Waals surface area contributed by atoms with Crippen LogP contribution in [0.4, 0.5) is 0 Å². The van der Waals surface area contributed by atoms with E-state index in [0.29, 0.717) is 5.56 Å². The molecule has 1 unspecified atom stereocenters. The number of sulfonamides is 1. The van der Waals surface area contributed by atoms with E-state index in [-0.39, 0.29) is 22.4 Å². The molecule has 0 bridgehead atoms. The molecule has 0 aromatic carbocycles. The molecule has 108 valence electrons. The van der Waals surface area contributed by atoms with Gasteiger partial charge in [-0.05, 0) is 31.8 Å². The number of ether oxygens (including phenoxy) is 1. The molecule has 0 amide bonds. The van der Waals surface area contributed by atoms with Crippen molar-refractivity contribution >= 4 is 27.3 Å². The second-order valence-corrected chi connectivity index (χ2v) is 6.69. The predicted octanol–water partition coefficient (Wildman–Crippen LogP) is 0.729. The fourth-order valence-electron chi connectivity index (χ4n) is 1.41. The molecule has 1 aromatic rings. The van der Waals surface area contributed by atoms with Gasteiger partial charge in [0.2, 0.25) is 10.0 Å². The smallest absolute Gasteiger partial charge is 0.349 e. The Morgan fingerprint density at radius 1 is 1.53 bits per heavy atom. The highest BCUT2D eigenvalue weighted by Crippen LogP contribution is 2.27. The largest absolute Gasteiger partial charge is 0.465 e. The Morgan fingerprint density at radius 2 is 2.16 bits per heavy atom. The van der Waals surface area contributed by atoms with Crippen LogP contribution in [0.15, 0.2) is 10.3 Å². The van der Waals surface area contributed by atoms with Crippen LogP contribution in [0.3, 0.4) is 0 Å². The van der Waals surface area contributed by atoms with Gasteiger partial charge in [0.05, 0.1) is 7.11 Å². The van der Waals surface area contributed by atoms with Gasteiger partial charge in [-0.3, -0.25) is 0 Å². The summed E-state index contributed by atoms with van der Waals surface area (Å²) in [6.07, 6.45) is 0. The number of likely N-dealkylation sites (N-methyl/N-ethyl adjacent to an activating group) is 1. The van der Waals surface area contributed by atoms with Gasteiger partial charge in [-0.25, -0.2) is 17.9 Å². The highest BCUT2D eigenvalue weighted by atomic mass is 32.2. The molecule has 19 heavy (non-hydrogen) atoms. The lowest BCUT2D eigenvalue weighted by Crippen LogP contribution is -2.37. The van der Waals surface area contributed by atoms with Crippen LogP contribution in [0.5, 0.6) is 0 Å². The van der Waals surface area contributed by atoms with E-state index in [2.05, 4.69) is 14.8 Å². The summed E-state index contributed by atoms with van der Waals surface area (Å²) in [5.74, 6) is -0.639. The molecule has 8 heteroatoms. The summed E-state index contributed by atoms with van der Waals surface area (Å²) in [6.45, 7) is 3.75. The van der Waals surface area contributed by atoms with Crippen LogP contribution >= 0.6 is 11.3 Å². The van der Waals surface area contributed by atoms with Crippen molar-refractivity contribution in [1.29, 1.82) is 0 Å². The highest BCUT2D eigenvalue weighted by Gasteiger charge is 2.27. The van der Waals surface area contributed by atoms with Gasteiger partial charge < -0.3 is 10.1 Å². The van der Waals surface area contributed by atoms with Crippen molar-refractivity contribution in [3.8, 4) is 0 Å². The second kappa shape index (κ2) is 6.47. The number of methoxy groups -OCH3 is 1. The van der Waals surface area contributed by atoms with Gasteiger partial charge in [-0.2, -0.15) is 0 Å². The van der Waals surface area contributed by atoms with E-state index in [1.54, 1.807) is 19.4 Å². The van der Waals surface area contributed by atoms with Gasteiger partial charge in [-0.15, -0.1) is 11.3 Å². The minimum absolute atomic E-state index is 0.00436. The standard InChI is InChI=1S/C11H18N2O4S2/c1-7-6-18-9(11(14)17-4)10(7)19(15,16)13-5-8(2)12-3/h6,8,12-13H,5H2,1-4H3. The summed E-state index contributed by atoms with van der Waals surface area (Å²) in [5, 5.41) is 4.56. The summed E-state index contributed by atoms with van der Waals surface area (Å²) in [7, 11) is -0.748. The maximum absolute atomic E-state index is 12.2. The van der Waals surface area contributed by atoms with Crippen molar-refractivity contribution in [3.63, 3.8) is 0 Å². The first-order valence-electron chi connectivity index (χ1n) is 5.66. The van der Waals surface area contributed by atoms with Crippen LogP contribution in [0, 0.1) is 6.92 Å². The van der Waals surface area contributed by atoms with E-state index < -0.39 is 16.0 Å². The average molecular weight is 306 g/mol. The zero-order valence-electron chi connectivity index (χ0n) is 11.3. The molecule has 0 radical (unpaired) electrons. The number of hydrogen-bond acceptors (Lipinski definition) is 6. The average Bonchev–Trinajstić information content (AvgIpc) is 2.77. The Bertz CT molecular complexity index is 551. The number of thiophene rings is 1. The molecule has 0 spiro atoms. The number of carbonyl (C=O) groups is 1. The Hall–Kier alpha value is -0.960. The van der Waals surface area contributed by atoms with Crippen LogP contribution in [-0.2, 0) is 14.8 Å². The number of esters is 1. The lowest BCUT2D eigenvalue weighted by atomic mass is 10.3. The molecule has 0 aliphatic heterocycles. The lowest BCUT2D eigenvalue weighted by molar-refractivity contribution is 0.0602. The summed E-state index contributed by atoms with van der Waals surface area (Å²) in [5.41, 5.74) is 0.537. The monoisotopic (exact) mass is 306 g/mol.